The molecule has 1 aromatic heterocycles. The molecule has 1 heterocycles. The topological polar surface area (TPSA) is 122 Å². The van der Waals surface area contributed by atoms with Gasteiger partial charge in [-0.05, 0) is 27.7 Å². The molecule has 1 rings (SSSR count). The van der Waals surface area contributed by atoms with Crippen molar-refractivity contribution < 1.29 is 23.9 Å². The molecule has 0 saturated heterocycles. The van der Waals surface area contributed by atoms with Crippen LogP contribution in [-0.2, 0) is 9.59 Å². The Kier molecular flexibility index (Phi) is 5.07. The molecule has 8 heteroatoms. The number of nitrogens with zero attached hydrogens (tertiary/aromatic N) is 1. The summed E-state index contributed by atoms with van der Waals surface area (Å²) in [7, 11) is 0. The first kappa shape index (κ1) is 16.7. The maximum atomic E-state index is 11.6. The summed E-state index contributed by atoms with van der Waals surface area (Å²) in [5, 5.41) is 13.5. The maximum absolute atomic E-state index is 11.6. The number of carbonyl (C=O) groups excluding carboxylic acids is 2. The van der Waals surface area contributed by atoms with E-state index in [2.05, 4.69) is 15.6 Å². The third-order valence-corrected chi connectivity index (χ3v) is 2.79. The van der Waals surface area contributed by atoms with E-state index in [9.17, 15) is 14.4 Å². The third kappa shape index (κ3) is 4.90. The van der Waals surface area contributed by atoms with Crippen LogP contribution in [0.25, 0.3) is 0 Å². The lowest BCUT2D eigenvalue weighted by Crippen LogP contribution is -2.42. The van der Waals surface area contributed by atoms with Gasteiger partial charge in [0.15, 0.2) is 0 Å². The Morgan fingerprint density at radius 2 is 2.05 bits per heavy atom. The lowest BCUT2D eigenvalue weighted by atomic mass is 9.89. The quantitative estimate of drug-likeness (QED) is 0.754. The van der Waals surface area contributed by atoms with Crippen molar-refractivity contribution in [1.82, 2.24) is 15.6 Å². The van der Waals surface area contributed by atoms with Crippen LogP contribution in [0.4, 0.5) is 4.79 Å². The minimum Gasteiger partial charge on any atom is -0.481 e. The molecule has 1 unspecified atom stereocenters. The van der Waals surface area contributed by atoms with E-state index in [0.29, 0.717) is 11.7 Å². The van der Waals surface area contributed by atoms with Crippen LogP contribution in [0, 0.1) is 12.3 Å². The lowest BCUT2D eigenvalue weighted by molar-refractivity contribution is -0.149. The number of amides is 3. The zero-order valence-corrected chi connectivity index (χ0v) is 12.4. The van der Waals surface area contributed by atoms with Gasteiger partial charge in [0, 0.05) is 6.42 Å². The van der Waals surface area contributed by atoms with Crippen molar-refractivity contribution in [2.24, 2.45) is 5.41 Å². The van der Waals surface area contributed by atoms with Gasteiger partial charge in [-0.3, -0.25) is 14.9 Å². The molecule has 0 fully saturated rings. The Morgan fingerprint density at radius 3 is 2.52 bits per heavy atom. The van der Waals surface area contributed by atoms with Gasteiger partial charge < -0.3 is 14.8 Å². The van der Waals surface area contributed by atoms with Gasteiger partial charge in [0.1, 0.15) is 11.8 Å². The number of aryl methyl sites for hydroxylation is 1. The van der Waals surface area contributed by atoms with E-state index >= 15 is 0 Å². The zero-order valence-electron chi connectivity index (χ0n) is 12.4. The van der Waals surface area contributed by atoms with E-state index in [-0.39, 0.29) is 6.42 Å². The monoisotopic (exact) mass is 297 g/mol. The smallest absolute Gasteiger partial charge is 0.322 e. The van der Waals surface area contributed by atoms with E-state index in [0.717, 1.165) is 0 Å². The minimum atomic E-state index is -1.24. The highest BCUT2D eigenvalue weighted by molar-refractivity contribution is 5.96. The molecular weight excluding hydrogens is 278 g/mol. The fourth-order valence-corrected chi connectivity index (χ4v) is 1.51. The van der Waals surface area contributed by atoms with Crippen molar-refractivity contribution in [2.75, 3.05) is 0 Å². The Balaban J connectivity index is 2.50. The standard InChI is InChI=1S/C13H19N3O5/c1-7-6-14-10(21-7)8(2)15-12(20)16-9(17)5-13(3,4)11(18)19/h6,8H,5H2,1-4H3,(H,18,19)(H2,15,16,17,20). The third-order valence-electron chi connectivity index (χ3n) is 2.79. The Bertz CT molecular complexity index is 550. The highest BCUT2D eigenvalue weighted by Crippen LogP contribution is 2.20. The van der Waals surface area contributed by atoms with E-state index in [1.54, 1.807) is 13.8 Å². The molecule has 0 bridgehead atoms. The summed E-state index contributed by atoms with van der Waals surface area (Å²) in [6, 6.07) is -1.25. The number of carboxylic acid groups (broad SMARTS) is 1. The first-order chi connectivity index (χ1) is 9.61. The summed E-state index contributed by atoms with van der Waals surface area (Å²) < 4.78 is 5.25. The number of aromatic nitrogens is 1. The predicted molar refractivity (Wildman–Crippen MR) is 72.4 cm³/mol. The summed E-state index contributed by atoms with van der Waals surface area (Å²) in [5.74, 6) is -0.850. The number of carboxylic acids is 1. The van der Waals surface area contributed by atoms with Crippen molar-refractivity contribution in [3.63, 3.8) is 0 Å². The molecule has 0 spiro atoms. The normalized spacial score (nSPS) is 12.6. The molecule has 0 saturated carbocycles. The van der Waals surface area contributed by atoms with Gasteiger partial charge in [-0.1, -0.05) is 0 Å². The van der Waals surface area contributed by atoms with Gasteiger partial charge in [0.05, 0.1) is 11.6 Å². The molecular formula is C13H19N3O5. The van der Waals surface area contributed by atoms with Crippen LogP contribution in [0.3, 0.4) is 0 Å². The van der Waals surface area contributed by atoms with E-state index in [4.69, 9.17) is 9.52 Å². The molecule has 1 aromatic rings. The fraction of sp³-hybridized carbons (Fsp3) is 0.538. The van der Waals surface area contributed by atoms with Crippen molar-refractivity contribution in [2.45, 2.75) is 40.2 Å². The number of hydrogen-bond donors (Lipinski definition) is 3. The van der Waals surface area contributed by atoms with Gasteiger partial charge in [-0.15, -0.1) is 0 Å². The summed E-state index contributed by atoms with van der Waals surface area (Å²) in [6.07, 6.45) is 1.22. The zero-order chi connectivity index (χ0) is 16.2. The number of imide groups is 1. The first-order valence-corrected chi connectivity index (χ1v) is 6.38. The van der Waals surface area contributed by atoms with Crippen LogP contribution in [0.5, 0.6) is 0 Å². The lowest BCUT2D eigenvalue weighted by Gasteiger charge is -2.18. The van der Waals surface area contributed by atoms with E-state index in [1.165, 1.54) is 20.0 Å². The molecule has 0 radical (unpaired) electrons. The highest BCUT2D eigenvalue weighted by Gasteiger charge is 2.30. The molecule has 0 aliphatic heterocycles. The minimum absolute atomic E-state index is 0.303. The summed E-state index contributed by atoms with van der Waals surface area (Å²) in [5.41, 5.74) is -1.24. The number of oxazole rings is 1. The second kappa shape index (κ2) is 6.38. The van der Waals surface area contributed by atoms with Gasteiger partial charge >= 0.3 is 12.0 Å². The van der Waals surface area contributed by atoms with Crippen LogP contribution in [0.15, 0.2) is 10.6 Å². The van der Waals surface area contributed by atoms with Crippen LogP contribution in [0.1, 0.15) is 44.9 Å². The van der Waals surface area contributed by atoms with E-state index in [1.807, 2.05) is 0 Å². The summed E-state index contributed by atoms with van der Waals surface area (Å²) >= 11 is 0. The molecule has 0 aliphatic rings. The number of urea groups is 1. The summed E-state index contributed by atoms with van der Waals surface area (Å²) in [4.78, 5) is 38.1. The molecule has 0 aliphatic carbocycles. The van der Waals surface area contributed by atoms with Crippen LogP contribution < -0.4 is 10.6 Å². The Morgan fingerprint density at radius 1 is 1.43 bits per heavy atom. The molecule has 21 heavy (non-hydrogen) atoms. The molecule has 1 atom stereocenters. The van der Waals surface area contributed by atoms with Crippen molar-refractivity contribution in [1.29, 1.82) is 0 Å². The fourth-order valence-electron chi connectivity index (χ4n) is 1.51. The largest absolute Gasteiger partial charge is 0.481 e. The van der Waals surface area contributed by atoms with E-state index < -0.39 is 29.4 Å². The predicted octanol–water partition coefficient (Wildman–Crippen LogP) is 1.37. The van der Waals surface area contributed by atoms with Gasteiger partial charge in [-0.25, -0.2) is 9.78 Å². The number of hydrogen-bond acceptors (Lipinski definition) is 5. The number of rotatable bonds is 5. The van der Waals surface area contributed by atoms with Gasteiger partial charge in [0.2, 0.25) is 11.8 Å². The van der Waals surface area contributed by atoms with Crippen molar-refractivity contribution >= 4 is 17.9 Å². The average Bonchev–Trinajstić information content (AvgIpc) is 2.74. The molecule has 0 aromatic carbocycles. The highest BCUT2D eigenvalue weighted by atomic mass is 16.4. The van der Waals surface area contributed by atoms with Gasteiger partial charge in [0.25, 0.3) is 0 Å². The second-order valence-corrected chi connectivity index (χ2v) is 5.42. The molecule has 3 N–H and O–H groups in total. The molecule has 116 valence electrons. The number of aliphatic carboxylic acids is 1. The second-order valence-electron chi connectivity index (χ2n) is 5.42. The van der Waals surface area contributed by atoms with Crippen molar-refractivity contribution in [3.8, 4) is 0 Å². The van der Waals surface area contributed by atoms with Crippen LogP contribution >= 0.6 is 0 Å². The average molecular weight is 297 g/mol. The van der Waals surface area contributed by atoms with Crippen LogP contribution in [-0.4, -0.2) is 28.0 Å². The first-order valence-electron chi connectivity index (χ1n) is 6.38. The Labute approximate surface area is 121 Å². The van der Waals surface area contributed by atoms with Gasteiger partial charge in [-0.2, -0.15) is 0 Å². The summed E-state index contributed by atoms with van der Waals surface area (Å²) in [6.45, 7) is 6.19. The maximum Gasteiger partial charge on any atom is 0.322 e. The SMILES string of the molecule is Cc1cnc(C(C)NC(=O)NC(=O)CC(C)(C)C(=O)O)o1. The number of nitrogens with one attached hydrogen (secondary N) is 2. The number of carbonyl (C=O) groups is 3. The van der Waals surface area contributed by atoms with Crippen LogP contribution in [0.2, 0.25) is 0 Å². The molecule has 3 amide bonds. The Hall–Kier alpha value is -2.38. The molecule has 8 nitrogen and oxygen atoms in total. The van der Waals surface area contributed by atoms with Crippen molar-refractivity contribution in [3.05, 3.63) is 17.8 Å².